The second kappa shape index (κ2) is 6.13. The van der Waals surface area contributed by atoms with Gasteiger partial charge in [-0.3, -0.25) is 4.68 Å². The summed E-state index contributed by atoms with van der Waals surface area (Å²) in [5.74, 6) is 0. The van der Waals surface area contributed by atoms with Gasteiger partial charge in [0.15, 0.2) is 0 Å². The molecule has 3 nitrogen and oxygen atoms in total. The van der Waals surface area contributed by atoms with Crippen LogP contribution in [0.4, 0.5) is 0 Å². The maximum absolute atomic E-state index is 6.11. The van der Waals surface area contributed by atoms with Gasteiger partial charge in [-0.1, -0.05) is 37.8 Å². The lowest BCUT2D eigenvalue weighted by atomic mass is 10.1. The van der Waals surface area contributed by atoms with Crippen molar-refractivity contribution in [2.24, 2.45) is 7.05 Å². The Balaban J connectivity index is 2.65. The lowest BCUT2D eigenvalue weighted by Crippen LogP contribution is -2.19. The molecule has 1 unspecified atom stereocenters. The molecule has 1 atom stereocenters. The van der Waals surface area contributed by atoms with Gasteiger partial charge in [-0.05, 0) is 13.5 Å². The van der Waals surface area contributed by atoms with Crippen LogP contribution in [0.15, 0.2) is 6.20 Å². The minimum Gasteiger partial charge on any atom is -0.312 e. The molecule has 4 heteroatoms. The minimum absolute atomic E-state index is 0.316. The lowest BCUT2D eigenvalue weighted by molar-refractivity contribution is 0.480. The van der Waals surface area contributed by atoms with E-state index in [1.165, 1.54) is 19.3 Å². The van der Waals surface area contributed by atoms with E-state index in [9.17, 15) is 0 Å². The predicted octanol–water partition coefficient (Wildman–Crippen LogP) is 2.91. The van der Waals surface area contributed by atoms with E-state index in [2.05, 4.69) is 17.3 Å². The average molecular weight is 230 g/mol. The third-order valence-corrected chi connectivity index (χ3v) is 3.00. The highest BCUT2D eigenvalue weighted by Gasteiger charge is 2.16. The maximum Gasteiger partial charge on any atom is 0.0833 e. The van der Waals surface area contributed by atoms with Gasteiger partial charge in [0.1, 0.15) is 0 Å². The molecule has 1 aromatic heterocycles. The van der Waals surface area contributed by atoms with Crippen molar-refractivity contribution in [3.8, 4) is 0 Å². The first-order chi connectivity index (χ1) is 7.20. The normalized spacial score (nSPS) is 13.1. The molecule has 0 saturated heterocycles. The fraction of sp³-hybridized carbons (Fsp3) is 0.727. The van der Waals surface area contributed by atoms with Crippen LogP contribution < -0.4 is 5.32 Å². The summed E-state index contributed by atoms with van der Waals surface area (Å²) in [5.41, 5.74) is 1.09. The molecule has 0 fully saturated rings. The molecule has 0 spiro atoms. The molecule has 86 valence electrons. The highest BCUT2D eigenvalue weighted by molar-refractivity contribution is 6.31. The summed E-state index contributed by atoms with van der Waals surface area (Å²) in [6, 6.07) is 0.316. The van der Waals surface area contributed by atoms with E-state index in [-0.39, 0.29) is 0 Å². The molecule has 0 radical (unpaired) electrons. The Morgan fingerprint density at radius 2 is 2.27 bits per heavy atom. The quantitative estimate of drug-likeness (QED) is 0.761. The van der Waals surface area contributed by atoms with Crippen molar-refractivity contribution < 1.29 is 0 Å². The summed E-state index contributed by atoms with van der Waals surface area (Å²) in [5, 5.41) is 8.22. The smallest absolute Gasteiger partial charge is 0.0833 e. The van der Waals surface area contributed by atoms with Crippen LogP contribution in [-0.2, 0) is 7.05 Å². The zero-order valence-corrected chi connectivity index (χ0v) is 10.5. The molecule has 0 aliphatic heterocycles. The maximum atomic E-state index is 6.11. The van der Waals surface area contributed by atoms with Crippen molar-refractivity contribution >= 4 is 11.6 Å². The molecule has 0 aliphatic rings. The number of unbranched alkanes of at least 4 members (excludes halogenated alkanes) is 2. The van der Waals surface area contributed by atoms with Crippen LogP contribution in [0.5, 0.6) is 0 Å². The summed E-state index contributed by atoms with van der Waals surface area (Å²) < 4.78 is 1.86. The average Bonchev–Trinajstić information content (AvgIpc) is 2.55. The second-order valence-corrected chi connectivity index (χ2v) is 4.25. The summed E-state index contributed by atoms with van der Waals surface area (Å²) >= 11 is 6.11. The van der Waals surface area contributed by atoms with Gasteiger partial charge in [-0.25, -0.2) is 0 Å². The van der Waals surface area contributed by atoms with Crippen LogP contribution in [0.25, 0.3) is 0 Å². The van der Waals surface area contributed by atoms with Crippen LogP contribution in [-0.4, -0.2) is 16.8 Å². The van der Waals surface area contributed by atoms with Gasteiger partial charge in [-0.15, -0.1) is 0 Å². The lowest BCUT2D eigenvalue weighted by Gasteiger charge is -2.16. The van der Waals surface area contributed by atoms with Crippen molar-refractivity contribution in [3.63, 3.8) is 0 Å². The van der Waals surface area contributed by atoms with E-state index in [0.29, 0.717) is 6.04 Å². The molecular weight excluding hydrogens is 210 g/mol. The molecule has 0 bridgehead atoms. The Kier molecular flexibility index (Phi) is 5.12. The first-order valence-electron chi connectivity index (χ1n) is 5.55. The van der Waals surface area contributed by atoms with Gasteiger partial charge in [0.05, 0.1) is 23.0 Å². The molecule has 0 amide bonds. The molecule has 1 heterocycles. The molecule has 0 aromatic carbocycles. The molecular formula is C11H20ClN3. The standard InChI is InChI=1S/C11H20ClN3/c1-4-5-6-7-10(13-2)11-9(12)8-14-15(11)3/h8,10,13H,4-7H2,1-3H3. The van der Waals surface area contributed by atoms with Gasteiger partial charge in [0, 0.05) is 7.05 Å². The number of nitrogens with zero attached hydrogens (tertiary/aromatic N) is 2. The van der Waals surface area contributed by atoms with Crippen molar-refractivity contribution in [3.05, 3.63) is 16.9 Å². The SMILES string of the molecule is CCCCCC(NC)c1c(Cl)cnn1C. The van der Waals surface area contributed by atoms with Gasteiger partial charge in [0.2, 0.25) is 0 Å². The molecule has 15 heavy (non-hydrogen) atoms. The fourth-order valence-electron chi connectivity index (χ4n) is 1.83. The molecule has 0 aliphatic carbocycles. The van der Waals surface area contributed by atoms with E-state index < -0.39 is 0 Å². The number of rotatable bonds is 6. The van der Waals surface area contributed by atoms with E-state index in [0.717, 1.165) is 17.1 Å². The Morgan fingerprint density at radius 1 is 1.53 bits per heavy atom. The van der Waals surface area contributed by atoms with Crippen LogP contribution in [0, 0.1) is 0 Å². The summed E-state index contributed by atoms with van der Waals surface area (Å²) in [6.45, 7) is 2.21. The third kappa shape index (κ3) is 3.21. The monoisotopic (exact) mass is 229 g/mol. The second-order valence-electron chi connectivity index (χ2n) is 3.84. The van der Waals surface area contributed by atoms with E-state index >= 15 is 0 Å². The van der Waals surface area contributed by atoms with Gasteiger partial charge in [0.25, 0.3) is 0 Å². The topological polar surface area (TPSA) is 29.9 Å². The number of hydrogen-bond donors (Lipinski definition) is 1. The first kappa shape index (κ1) is 12.5. The number of nitrogens with one attached hydrogen (secondary N) is 1. The third-order valence-electron chi connectivity index (χ3n) is 2.71. The Morgan fingerprint density at radius 3 is 2.73 bits per heavy atom. The molecule has 1 rings (SSSR count). The van der Waals surface area contributed by atoms with Crippen molar-refractivity contribution in [1.29, 1.82) is 0 Å². The van der Waals surface area contributed by atoms with Crippen LogP contribution in [0.1, 0.15) is 44.3 Å². The van der Waals surface area contributed by atoms with Crippen LogP contribution >= 0.6 is 11.6 Å². The Hall–Kier alpha value is -0.540. The van der Waals surface area contributed by atoms with Gasteiger partial charge >= 0.3 is 0 Å². The summed E-state index contributed by atoms with van der Waals surface area (Å²) in [4.78, 5) is 0. The number of halogens is 1. The van der Waals surface area contributed by atoms with Crippen molar-refractivity contribution in [1.82, 2.24) is 15.1 Å². The highest BCUT2D eigenvalue weighted by atomic mass is 35.5. The number of aromatic nitrogens is 2. The largest absolute Gasteiger partial charge is 0.312 e. The zero-order valence-electron chi connectivity index (χ0n) is 9.76. The number of hydrogen-bond acceptors (Lipinski definition) is 2. The van der Waals surface area contributed by atoms with Crippen LogP contribution in [0.3, 0.4) is 0 Å². The summed E-state index contributed by atoms with van der Waals surface area (Å²) in [6.07, 6.45) is 6.57. The minimum atomic E-state index is 0.316. The molecule has 1 N–H and O–H groups in total. The van der Waals surface area contributed by atoms with E-state index in [1.54, 1.807) is 6.20 Å². The van der Waals surface area contributed by atoms with Crippen molar-refractivity contribution in [2.75, 3.05) is 7.05 Å². The Labute approximate surface area is 96.8 Å². The Bertz CT molecular complexity index is 277. The molecule has 0 saturated carbocycles. The number of aryl methyl sites for hydroxylation is 1. The fourth-order valence-corrected chi connectivity index (χ4v) is 2.13. The predicted molar refractivity (Wildman–Crippen MR) is 64.2 cm³/mol. The summed E-state index contributed by atoms with van der Waals surface area (Å²) in [7, 11) is 3.91. The highest BCUT2D eigenvalue weighted by Crippen LogP contribution is 2.25. The zero-order chi connectivity index (χ0) is 11.3. The van der Waals surface area contributed by atoms with E-state index in [1.807, 2.05) is 18.8 Å². The first-order valence-corrected chi connectivity index (χ1v) is 5.93. The van der Waals surface area contributed by atoms with Gasteiger partial charge < -0.3 is 5.32 Å². The van der Waals surface area contributed by atoms with Crippen molar-refractivity contribution in [2.45, 2.75) is 38.6 Å². The van der Waals surface area contributed by atoms with Crippen LogP contribution in [0.2, 0.25) is 5.02 Å². The van der Waals surface area contributed by atoms with E-state index in [4.69, 9.17) is 11.6 Å². The van der Waals surface area contributed by atoms with Gasteiger partial charge in [-0.2, -0.15) is 5.10 Å². The molecule has 1 aromatic rings.